The molecule has 7 heteroatoms. The van der Waals surface area contributed by atoms with Gasteiger partial charge in [-0.1, -0.05) is 85.8 Å². The second-order valence-electron chi connectivity index (χ2n) is 8.90. The van der Waals surface area contributed by atoms with E-state index in [4.69, 9.17) is 4.74 Å². The van der Waals surface area contributed by atoms with Crippen LogP contribution in [0.15, 0.2) is 91.0 Å². The molecule has 1 fully saturated rings. The first-order chi connectivity index (χ1) is 17.4. The van der Waals surface area contributed by atoms with Crippen LogP contribution in [0.5, 0.6) is 0 Å². The molecule has 0 bridgehead atoms. The number of ketones is 1. The van der Waals surface area contributed by atoms with Crippen LogP contribution in [0.2, 0.25) is 0 Å². The molecule has 5 atom stereocenters. The zero-order chi connectivity index (χ0) is 25.7. The number of halogens is 1. The number of nitrogens with one attached hydrogen (secondary N) is 1. The first kappa shape index (κ1) is 26.0. The molecular formula is C29H29INO5+. The molecule has 0 radical (unpaired) electrons. The van der Waals surface area contributed by atoms with Crippen molar-refractivity contribution in [1.29, 1.82) is 0 Å². The fourth-order valence-electron chi connectivity index (χ4n) is 4.37. The van der Waals surface area contributed by atoms with Gasteiger partial charge in [0, 0.05) is 5.92 Å². The molecule has 36 heavy (non-hydrogen) atoms. The van der Waals surface area contributed by atoms with E-state index in [0.29, 0.717) is 0 Å². The predicted molar refractivity (Wildman–Crippen MR) is 131 cm³/mol. The lowest BCUT2D eigenvalue weighted by Gasteiger charge is -2.41. The van der Waals surface area contributed by atoms with Crippen molar-refractivity contribution in [2.45, 2.75) is 36.0 Å². The zero-order valence-electron chi connectivity index (χ0n) is 20.1. The Hall–Kier alpha value is -3.04. The third kappa shape index (κ3) is 5.84. The fourth-order valence-corrected chi connectivity index (χ4v) is 7.19. The number of ether oxygens (including phenoxy) is 1. The highest BCUT2D eigenvalue weighted by atomic mass is 127. The summed E-state index contributed by atoms with van der Waals surface area (Å²) < 4.78 is 6.07. The highest BCUT2D eigenvalue weighted by Gasteiger charge is 2.52. The van der Waals surface area contributed by atoms with Crippen LogP contribution < -0.4 is 26.5 Å². The fraction of sp³-hybridized carbons (Fsp3) is 0.276. The van der Waals surface area contributed by atoms with E-state index in [9.17, 15) is 19.5 Å². The van der Waals surface area contributed by atoms with E-state index in [1.54, 1.807) is 13.8 Å². The number of hydrogen-bond donors (Lipinski definition) is 2. The van der Waals surface area contributed by atoms with Crippen molar-refractivity contribution in [2.75, 3.05) is 0 Å². The van der Waals surface area contributed by atoms with Crippen molar-refractivity contribution in [1.82, 2.24) is 5.32 Å². The average Bonchev–Trinajstić information content (AvgIpc) is 2.89. The smallest absolute Gasteiger partial charge is 0.367 e. The number of carbonyl (C=O) groups is 3. The van der Waals surface area contributed by atoms with Crippen LogP contribution in [0.4, 0.5) is 0 Å². The number of benzene rings is 3. The number of β-lactam (4-membered cyclic amide) rings is 1. The quantitative estimate of drug-likeness (QED) is 0.116. The summed E-state index contributed by atoms with van der Waals surface area (Å²) in [7, 11) is 0. The van der Waals surface area contributed by atoms with E-state index < -0.39 is 61.2 Å². The lowest BCUT2D eigenvalue weighted by atomic mass is 9.77. The summed E-state index contributed by atoms with van der Waals surface area (Å²) in [6, 6.07) is 27.9. The van der Waals surface area contributed by atoms with E-state index in [2.05, 4.69) is 5.32 Å². The van der Waals surface area contributed by atoms with Crippen molar-refractivity contribution < 1.29 is 45.4 Å². The minimum Gasteiger partial charge on any atom is -0.449 e. The Bertz CT molecular complexity index is 1150. The van der Waals surface area contributed by atoms with Crippen LogP contribution in [0.3, 0.4) is 0 Å². The number of hydrogen-bond acceptors (Lipinski definition) is 5. The van der Waals surface area contributed by atoms with Crippen molar-refractivity contribution in [2.24, 2.45) is 11.8 Å². The predicted octanol–water partition coefficient (Wildman–Crippen LogP) is 0.347. The normalized spacial score (nSPS) is 19.5. The zero-order valence-corrected chi connectivity index (χ0v) is 22.2. The van der Waals surface area contributed by atoms with Gasteiger partial charge in [0.2, 0.25) is 11.7 Å². The van der Waals surface area contributed by atoms with Crippen LogP contribution in [0.1, 0.15) is 31.1 Å². The van der Waals surface area contributed by atoms with Gasteiger partial charge in [-0.2, -0.15) is 0 Å². The summed E-state index contributed by atoms with van der Waals surface area (Å²) in [5.74, 6) is -2.43. The molecule has 4 rings (SSSR count). The molecule has 0 aromatic heterocycles. The van der Waals surface area contributed by atoms with E-state index in [1.165, 1.54) is 0 Å². The molecule has 3 aromatic rings. The molecule has 0 saturated carbocycles. The molecule has 0 aliphatic carbocycles. The van der Waals surface area contributed by atoms with Gasteiger partial charge in [0.15, 0.2) is 9.67 Å². The topological polar surface area (TPSA) is 92.7 Å². The van der Waals surface area contributed by atoms with Crippen molar-refractivity contribution >= 4 is 17.7 Å². The Labute approximate surface area is 221 Å². The number of Topliss-reactive ketones (excluding diaryl/α,β-unsaturated/α-hetero) is 1. The molecule has 0 spiro atoms. The molecule has 1 saturated heterocycles. The Morgan fingerprint density at radius 2 is 1.36 bits per heavy atom. The van der Waals surface area contributed by atoms with Crippen LogP contribution in [-0.4, -0.2) is 38.8 Å². The lowest BCUT2D eigenvalue weighted by Crippen LogP contribution is -3.66. The number of alkyl halides is 1. The maximum absolute atomic E-state index is 13.7. The van der Waals surface area contributed by atoms with Gasteiger partial charge in [0.05, 0.1) is 18.1 Å². The number of amides is 1. The number of aliphatic hydroxyl groups excluding tert-OH is 1. The molecule has 1 amide bonds. The summed E-state index contributed by atoms with van der Waals surface area (Å²) in [6.45, 7) is 3.25. The van der Waals surface area contributed by atoms with E-state index >= 15 is 0 Å². The van der Waals surface area contributed by atoms with E-state index in [-0.39, 0.29) is 11.7 Å². The monoisotopic (exact) mass is 598 g/mol. The van der Waals surface area contributed by atoms with Crippen molar-refractivity contribution in [3.8, 4) is 0 Å². The first-order valence-electron chi connectivity index (χ1n) is 11.9. The Morgan fingerprint density at radius 3 is 1.83 bits per heavy atom. The van der Waals surface area contributed by atoms with Gasteiger partial charge in [-0.3, -0.25) is 9.59 Å². The van der Waals surface area contributed by atoms with Crippen molar-refractivity contribution in [3.05, 3.63) is 106 Å². The lowest BCUT2D eigenvalue weighted by molar-refractivity contribution is -0.639. The summed E-state index contributed by atoms with van der Waals surface area (Å²) in [4.78, 5) is 39.4. The van der Waals surface area contributed by atoms with E-state index in [0.717, 1.165) is 14.7 Å². The summed E-state index contributed by atoms with van der Waals surface area (Å²) >= 11 is -1.07. The minimum atomic E-state index is -1.07. The first-order valence-corrected chi connectivity index (χ1v) is 14.2. The van der Waals surface area contributed by atoms with Crippen LogP contribution in [-0.2, 0) is 19.1 Å². The molecule has 1 heterocycles. The third-order valence-electron chi connectivity index (χ3n) is 6.37. The minimum absolute atomic E-state index is 0.271. The average molecular weight is 598 g/mol. The molecule has 1 unspecified atom stereocenters. The van der Waals surface area contributed by atoms with Crippen LogP contribution >= 0.6 is 0 Å². The molecule has 186 valence electrons. The van der Waals surface area contributed by atoms with Gasteiger partial charge in [-0.15, -0.1) is 0 Å². The summed E-state index contributed by atoms with van der Waals surface area (Å²) in [5, 5.41) is 12.8. The summed E-state index contributed by atoms with van der Waals surface area (Å²) in [6.07, 6.45) is -1.53. The van der Waals surface area contributed by atoms with Gasteiger partial charge in [-0.25, -0.2) is 4.79 Å². The molecule has 2 N–H and O–H groups in total. The van der Waals surface area contributed by atoms with E-state index in [1.807, 2.05) is 91.0 Å². The van der Waals surface area contributed by atoms with Gasteiger partial charge in [-0.05, 0) is 30.2 Å². The van der Waals surface area contributed by atoms with Crippen LogP contribution in [0.25, 0.3) is 0 Å². The van der Waals surface area contributed by atoms with Gasteiger partial charge in [0.1, 0.15) is 0 Å². The van der Waals surface area contributed by atoms with Crippen LogP contribution in [0, 0.1) is 15.4 Å². The van der Waals surface area contributed by atoms with Gasteiger partial charge < -0.3 is 15.2 Å². The maximum Gasteiger partial charge on any atom is 0.367 e. The SMILES string of the molecule is CC(C(=O)[C@@H]([I+]c1ccccc1)C(=O)OC(c1ccccc1)c1ccccc1)[C@H]1NC(=O)[C@@H]1[C@@H](C)O. The maximum atomic E-state index is 13.7. The number of rotatable bonds is 10. The van der Waals surface area contributed by atoms with Gasteiger partial charge >= 0.3 is 31.1 Å². The standard InChI is InChI=1S/C29H28INO5/c1-18(25-23(19(2)32)28(34)31-25)26(33)24(30-22-16-10-5-11-17-22)29(35)36-27(20-12-6-3-7-13-20)21-14-8-4-9-15-21/h3-19,23-25,27,32H,1-2H3/p+1/t18?,19-,23-,24-,25-/m1/s1. The Balaban J connectivity index is 1.62. The third-order valence-corrected chi connectivity index (χ3v) is 9.55. The second kappa shape index (κ2) is 11.8. The van der Waals surface area contributed by atoms with Crippen molar-refractivity contribution in [3.63, 3.8) is 0 Å². The Kier molecular flexibility index (Phi) is 8.53. The molecular weight excluding hydrogens is 569 g/mol. The molecule has 6 nitrogen and oxygen atoms in total. The molecule has 1 aliphatic rings. The highest BCUT2D eigenvalue weighted by Crippen LogP contribution is 2.28. The highest BCUT2D eigenvalue weighted by molar-refractivity contribution is 6.04. The number of carbonyl (C=O) groups excluding carboxylic acids is 3. The molecule has 3 aromatic carbocycles. The Morgan fingerprint density at radius 1 is 0.861 bits per heavy atom. The second-order valence-corrected chi connectivity index (χ2v) is 12.0. The van der Waals surface area contributed by atoms with Gasteiger partial charge in [0.25, 0.3) is 0 Å². The number of esters is 1. The number of aliphatic hydroxyl groups is 1. The molecule has 1 aliphatic heterocycles. The largest absolute Gasteiger partial charge is 0.449 e. The summed E-state index contributed by atoms with van der Waals surface area (Å²) in [5.41, 5.74) is 1.63.